The number of halogens is 3. The van der Waals surface area contributed by atoms with Gasteiger partial charge in [-0.2, -0.15) is 0 Å². The van der Waals surface area contributed by atoms with Gasteiger partial charge in [-0.1, -0.05) is 0 Å². The van der Waals surface area contributed by atoms with E-state index in [-0.39, 0.29) is 11.1 Å². The highest BCUT2D eigenvalue weighted by Crippen LogP contribution is 2.42. The summed E-state index contributed by atoms with van der Waals surface area (Å²) < 4.78 is 4.11. The highest BCUT2D eigenvalue weighted by molar-refractivity contribution is 7.23. The molecule has 17 heavy (non-hydrogen) atoms. The van der Waals surface area contributed by atoms with Crippen LogP contribution in [0.3, 0.4) is 0 Å². The average molecular weight is 318 g/mol. The topological polar surface area (TPSA) is 6.48 Å². The molecule has 0 aliphatic carbocycles. The van der Waals surface area contributed by atoms with E-state index >= 15 is 0 Å². The zero-order chi connectivity index (χ0) is 13.6. The minimum Gasteiger partial charge on any atom is -0.292 e. The van der Waals surface area contributed by atoms with Gasteiger partial charge in [-0.15, -0.1) is 34.3 Å². The molecule has 0 N–H and O–H groups in total. The van der Waals surface area contributed by atoms with Gasteiger partial charge >= 0.3 is 7.71 Å². The zero-order valence-corrected chi connectivity index (χ0v) is 14.8. The summed E-state index contributed by atoms with van der Waals surface area (Å²) in [6.07, 6.45) is 0. The standard InChI is InChI=1S/C11H23Cl3N2Si/c1-10(2,3)15-7-8-16(11(4,5)6)17(15,14)9(12)13/h9H,7-8H2,1-6H3. The molecule has 0 spiro atoms. The molecular formula is C11H23Cl3N2Si. The summed E-state index contributed by atoms with van der Waals surface area (Å²) in [6.45, 7) is 14.9. The summed E-state index contributed by atoms with van der Waals surface area (Å²) in [6, 6.07) is 0. The Bertz CT molecular complexity index is 261. The van der Waals surface area contributed by atoms with Gasteiger partial charge in [0.2, 0.25) is 0 Å². The van der Waals surface area contributed by atoms with Crippen LogP contribution in [0.15, 0.2) is 0 Å². The van der Waals surface area contributed by atoms with Crippen LogP contribution >= 0.6 is 34.3 Å². The minimum atomic E-state index is -2.52. The van der Waals surface area contributed by atoms with Crippen molar-refractivity contribution in [3.63, 3.8) is 0 Å². The van der Waals surface area contributed by atoms with Crippen molar-refractivity contribution in [1.82, 2.24) is 9.13 Å². The summed E-state index contributed by atoms with van der Waals surface area (Å²) >= 11 is 19.4. The minimum absolute atomic E-state index is 0.00397. The van der Waals surface area contributed by atoms with Crippen LogP contribution in [0.2, 0.25) is 0 Å². The fourth-order valence-electron chi connectivity index (χ4n) is 2.51. The maximum atomic E-state index is 6.93. The Kier molecular flexibility index (Phi) is 4.57. The lowest BCUT2D eigenvalue weighted by atomic mass is 10.1. The Hall–Kier alpha value is 1.01. The second-order valence-electron chi connectivity index (χ2n) is 6.58. The summed E-state index contributed by atoms with van der Waals surface area (Å²) in [4.78, 5) is 0. The molecule has 0 amide bonds. The quantitative estimate of drug-likeness (QED) is 0.413. The van der Waals surface area contributed by atoms with Gasteiger partial charge in [0.25, 0.3) is 0 Å². The molecule has 102 valence electrons. The van der Waals surface area contributed by atoms with Crippen molar-refractivity contribution in [3.05, 3.63) is 0 Å². The summed E-state index contributed by atoms with van der Waals surface area (Å²) in [7, 11) is -2.52. The van der Waals surface area contributed by atoms with E-state index in [0.717, 1.165) is 13.1 Å². The maximum Gasteiger partial charge on any atom is 0.341 e. The third-order valence-corrected chi connectivity index (χ3v) is 11.4. The van der Waals surface area contributed by atoms with Gasteiger partial charge in [0.05, 0.1) is 0 Å². The van der Waals surface area contributed by atoms with Crippen molar-refractivity contribution in [3.8, 4) is 0 Å². The first-order valence-corrected chi connectivity index (χ1v) is 9.80. The van der Waals surface area contributed by atoms with Crippen LogP contribution in [0.1, 0.15) is 41.5 Å². The molecule has 0 unspecified atom stereocenters. The molecule has 1 aliphatic rings. The number of nitrogens with zero attached hydrogens (tertiary/aromatic N) is 2. The first kappa shape index (κ1) is 16.1. The van der Waals surface area contributed by atoms with Gasteiger partial charge in [0.1, 0.15) is 4.46 Å². The molecule has 0 bridgehead atoms. The van der Waals surface area contributed by atoms with Crippen LogP contribution in [-0.4, -0.2) is 45.5 Å². The largest absolute Gasteiger partial charge is 0.341 e. The third-order valence-electron chi connectivity index (χ3n) is 3.20. The number of hydrogen-bond acceptors (Lipinski definition) is 2. The van der Waals surface area contributed by atoms with Gasteiger partial charge in [0.15, 0.2) is 0 Å². The van der Waals surface area contributed by atoms with Gasteiger partial charge in [-0.05, 0) is 41.5 Å². The molecule has 0 atom stereocenters. The number of alkyl halides is 2. The average Bonchev–Trinajstić information content (AvgIpc) is 2.41. The molecule has 0 radical (unpaired) electrons. The van der Waals surface area contributed by atoms with E-state index < -0.39 is 12.2 Å². The highest BCUT2D eigenvalue weighted by Gasteiger charge is 2.60. The molecule has 0 saturated carbocycles. The van der Waals surface area contributed by atoms with Crippen molar-refractivity contribution in [2.24, 2.45) is 0 Å². The Labute approximate surface area is 121 Å². The Morgan fingerprint density at radius 1 is 0.882 bits per heavy atom. The van der Waals surface area contributed by atoms with E-state index in [2.05, 4.69) is 50.7 Å². The summed E-state index contributed by atoms with van der Waals surface area (Å²) in [5.41, 5.74) is -0.00793. The van der Waals surface area contributed by atoms with Gasteiger partial charge in [-0.25, -0.2) is 0 Å². The molecule has 1 rings (SSSR count). The predicted octanol–water partition coefficient (Wildman–Crippen LogP) is 3.72. The second-order valence-corrected chi connectivity index (χ2v) is 13.0. The summed E-state index contributed by atoms with van der Waals surface area (Å²) in [5, 5.41) is 0. The number of hydrogen-bond donors (Lipinski definition) is 0. The fraction of sp³-hybridized carbons (Fsp3) is 1.00. The molecule has 6 heteroatoms. The maximum absolute atomic E-state index is 6.93. The van der Waals surface area contributed by atoms with E-state index in [1.54, 1.807) is 0 Å². The van der Waals surface area contributed by atoms with Gasteiger partial charge < -0.3 is 0 Å². The monoisotopic (exact) mass is 316 g/mol. The molecule has 1 heterocycles. The van der Waals surface area contributed by atoms with Crippen LogP contribution in [0.25, 0.3) is 0 Å². The van der Waals surface area contributed by atoms with Crippen LogP contribution < -0.4 is 0 Å². The molecular weight excluding hydrogens is 295 g/mol. The first-order chi connectivity index (χ1) is 7.41. The van der Waals surface area contributed by atoms with Crippen molar-refractivity contribution in [1.29, 1.82) is 0 Å². The van der Waals surface area contributed by atoms with Crippen molar-refractivity contribution < 1.29 is 0 Å². The predicted molar refractivity (Wildman–Crippen MR) is 80.0 cm³/mol. The Morgan fingerprint density at radius 3 is 1.35 bits per heavy atom. The molecule has 1 fully saturated rings. The normalized spacial score (nSPS) is 23.6. The van der Waals surface area contributed by atoms with E-state index in [1.165, 1.54) is 0 Å². The van der Waals surface area contributed by atoms with Gasteiger partial charge in [-0.3, -0.25) is 9.13 Å². The second kappa shape index (κ2) is 4.84. The lowest BCUT2D eigenvalue weighted by Gasteiger charge is -2.47. The van der Waals surface area contributed by atoms with Crippen LogP contribution in [0, 0.1) is 0 Å². The Balaban J connectivity index is 3.16. The van der Waals surface area contributed by atoms with Crippen molar-refractivity contribution in [2.45, 2.75) is 57.1 Å². The molecule has 2 nitrogen and oxygen atoms in total. The van der Waals surface area contributed by atoms with E-state index in [9.17, 15) is 0 Å². The summed E-state index contributed by atoms with van der Waals surface area (Å²) in [5.74, 6) is 0. The molecule has 1 saturated heterocycles. The van der Waals surface area contributed by atoms with Crippen molar-refractivity contribution >= 4 is 42.0 Å². The zero-order valence-electron chi connectivity index (χ0n) is 11.5. The number of rotatable bonds is 1. The smallest absolute Gasteiger partial charge is 0.292 e. The van der Waals surface area contributed by atoms with Crippen LogP contribution in [0.5, 0.6) is 0 Å². The van der Waals surface area contributed by atoms with Crippen LogP contribution in [-0.2, 0) is 0 Å². The molecule has 0 aromatic heterocycles. The molecule has 0 aromatic rings. The first-order valence-electron chi connectivity index (χ1n) is 5.94. The highest BCUT2D eigenvalue weighted by atomic mass is 35.6. The fourth-order valence-corrected chi connectivity index (χ4v) is 9.42. The third kappa shape index (κ3) is 2.95. The molecule has 0 aromatic carbocycles. The lowest BCUT2D eigenvalue weighted by Crippen LogP contribution is -2.68. The van der Waals surface area contributed by atoms with Crippen molar-refractivity contribution in [2.75, 3.05) is 13.1 Å². The van der Waals surface area contributed by atoms with E-state index in [0.29, 0.717) is 0 Å². The van der Waals surface area contributed by atoms with Gasteiger partial charge in [0, 0.05) is 24.2 Å². The molecule has 1 aliphatic heterocycles. The lowest BCUT2D eigenvalue weighted by molar-refractivity contribution is 0.261. The van der Waals surface area contributed by atoms with Crippen LogP contribution in [0.4, 0.5) is 0 Å². The van der Waals surface area contributed by atoms with E-state index in [4.69, 9.17) is 34.3 Å². The Morgan fingerprint density at radius 2 is 1.18 bits per heavy atom. The SMILES string of the molecule is CC(C)(C)N1CCN(C(C)(C)C)[Si]1(Cl)C(Cl)Cl. The van der Waals surface area contributed by atoms with E-state index in [1.807, 2.05) is 0 Å².